The Kier molecular flexibility index (Phi) is 3.88. The number of aryl methyl sites for hydroxylation is 1. The standard InChI is InChI=1S/C21H17N3O3/c1-13-16(15-10-6-7-11-18(15)23(13)2)12-17-19(25)22-21(27)24(20(17)26)14-8-4-3-5-9-14/h3-12H,1-2H3,(H,22,25,27)/b17-12+. The monoisotopic (exact) mass is 359 g/mol. The van der Waals surface area contributed by atoms with Gasteiger partial charge in [0.15, 0.2) is 0 Å². The first kappa shape index (κ1) is 16.8. The van der Waals surface area contributed by atoms with Crippen molar-refractivity contribution in [2.75, 3.05) is 4.90 Å². The maximum atomic E-state index is 13.0. The molecule has 2 aromatic carbocycles. The molecule has 3 aromatic rings. The fourth-order valence-corrected chi connectivity index (χ4v) is 3.35. The van der Waals surface area contributed by atoms with E-state index < -0.39 is 17.8 Å². The first-order chi connectivity index (χ1) is 13.0. The summed E-state index contributed by atoms with van der Waals surface area (Å²) >= 11 is 0. The number of rotatable bonds is 2. The summed E-state index contributed by atoms with van der Waals surface area (Å²) < 4.78 is 2.01. The molecule has 134 valence electrons. The number of carbonyl (C=O) groups is 3. The molecule has 4 amide bonds. The van der Waals surface area contributed by atoms with Crippen LogP contribution in [0.15, 0.2) is 60.2 Å². The molecule has 27 heavy (non-hydrogen) atoms. The first-order valence-electron chi connectivity index (χ1n) is 8.49. The lowest BCUT2D eigenvalue weighted by molar-refractivity contribution is -0.122. The van der Waals surface area contributed by atoms with E-state index in [2.05, 4.69) is 5.32 Å². The lowest BCUT2D eigenvalue weighted by Crippen LogP contribution is -2.54. The minimum absolute atomic E-state index is 0.0714. The molecule has 1 saturated heterocycles. The van der Waals surface area contributed by atoms with E-state index in [1.54, 1.807) is 36.4 Å². The number of anilines is 1. The highest BCUT2D eigenvalue weighted by Gasteiger charge is 2.37. The molecule has 0 radical (unpaired) electrons. The number of nitrogens with one attached hydrogen (secondary N) is 1. The van der Waals surface area contributed by atoms with Crippen molar-refractivity contribution in [3.05, 3.63) is 71.4 Å². The summed E-state index contributed by atoms with van der Waals surface area (Å²) in [4.78, 5) is 38.6. The molecule has 4 rings (SSSR count). The second-order valence-corrected chi connectivity index (χ2v) is 6.37. The Morgan fingerprint density at radius 3 is 2.33 bits per heavy atom. The van der Waals surface area contributed by atoms with Gasteiger partial charge in [-0.05, 0) is 31.2 Å². The smallest absolute Gasteiger partial charge is 0.335 e. The summed E-state index contributed by atoms with van der Waals surface area (Å²) in [6.07, 6.45) is 1.57. The first-order valence-corrected chi connectivity index (χ1v) is 8.49. The summed E-state index contributed by atoms with van der Waals surface area (Å²) in [6.45, 7) is 1.93. The van der Waals surface area contributed by atoms with Gasteiger partial charge in [0.1, 0.15) is 5.57 Å². The number of hydrogen-bond acceptors (Lipinski definition) is 3. The van der Waals surface area contributed by atoms with Gasteiger partial charge in [-0.2, -0.15) is 0 Å². The molecule has 0 spiro atoms. The van der Waals surface area contributed by atoms with Crippen LogP contribution in [0, 0.1) is 6.92 Å². The molecule has 6 nitrogen and oxygen atoms in total. The SMILES string of the molecule is Cc1c(/C=C2\C(=O)NC(=O)N(c3ccccc3)C2=O)c2ccccc2n1C. The molecule has 0 aliphatic carbocycles. The summed E-state index contributed by atoms with van der Waals surface area (Å²) in [5.41, 5.74) is 3.05. The highest BCUT2D eigenvalue weighted by atomic mass is 16.2. The Labute approximate surface area is 155 Å². The molecule has 0 unspecified atom stereocenters. The number of hydrogen-bond donors (Lipinski definition) is 1. The van der Waals surface area contributed by atoms with Crippen molar-refractivity contribution >= 4 is 40.5 Å². The van der Waals surface area contributed by atoms with Gasteiger partial charge in [-0.15, -0.1) is 0 Å². The second-order valence-electron chi connectivity index (χ2n) is 6.37. The van der Waals surface area contributed by atoms with Crippen LogP contribution < -0.4 is 10.2 Å². The summed E-state index contributed by atoms with van der Waals surface area (Å²) in [5, 5.41) is 3.19. The van der Waals surface area contributed by atoms with Crippen LogP contribution in [0.1, 0.15) is 11.3 Å². The van der Waals surface area contributed by atoms with Crippen molar-refractivity contribution < 1.29 is 14.4 Å². The molecule has 0 saturated carbocycles. The minimum Gasteiger partial charge on any atom is -0.347 e. The van der Waals surface area contributed by atoms with Gasteiger partial charge in [-0.1, -0.05) is 36.4 Å². The molecule has 1 N–H and O–H groups in total. The predicted molar refractivity (Wildman–Crippen MR) is 103 cm³/mol. The topological polar surface area (TPSA) is 71.4 Å². The number of carbonyl (C=O) groups excluding carboxylic acids is 3. The number of benzene rings is 2. The van der Waals surface area contributed by atoms with Gasteiger partial charge in [0.2, 0.25) is 0 Å². The van der Waals surface area contributed by atoms with E-state index in [0.29, 0.717) is 5.69 Å². The lowest BCUT2D eigenvalue weighted by Gasteiger charge is -2.26. The van der Waals surface area contributed by atoms with Crippen LogP contribution in [-0.4, -0.2) is 22.4 Å². The average molecular weight is 359 g/mol. The van der Waals surface area contributed by atoms with E-state index in [-0.39, 0.29) is 5.57 Å². The van der Waals surface area contributed by atoms with Crippen LogP contribution in [0.4, 0.5) is 10.5 Å². The normalized spacial score (nSPS) is 16.3. The molecule has 6 heteroatoms. The van der Waals surface area contributed by atoms with Crippen LogP contribution in [-0.2, 0) is 16.6 Å². The Bertz CT molecular complexity index is 1130. The molecule has 2 heterocycles. The zero-order valence-corrected chi connectivity index (χ0v) is 14.9. The summed E-state index contributed by atoms with van der Waals surface area (Å²) in [7, 11) is 1.93. The molecule has 1 aliphatic heterocycles. The van der Waals surface area contributed by atoms with Crippen molar-refractivity contribution in [1.29, 1.82) is 0 Å². The number of amides is 4. The van der Waals surface area contributed by atoms with Crippen molar-refractivity contribution in [2.45, 2.75) is 6.92 Å². The highest BCUT2D eigenvalue weighted by molar-refractivity contribution is 6.39. The van der Waals surface area contributed by atoms with Crippen LogP contribution in [0.5, 0.6) is 0 Å². The van der Waals surface area contributed by atoms with E-state index in [0.717, 1.165) is 27.1 Å². The summed E-state index contributed by atoms with van der Waals surface area (Å²) in [6, 6.07) is 15.6. The third-order valence-electron chi connectivity index (χ3n) is 4.85. The number of fused-ring (bicyclic) bond motifs is 1. The Hall–Kier alpha value is -3.67. The molecule has 1 aromatic heterocycles. The number of imide groups is 2. The lowest BCUT2D eigenvalue weighted by atomic mass is 10.0. The fourth-order valence-electron chi connectivity index (χ4n) is 3.35. The molecule has 0 bridgehead atoms. The average Bonchev–Trinajstić information content (AvgIpc) is 2.90. The van der Waals surface area contributed by atoms with Gasteiger partial charge in [0, 0.05) is 29.2 Å². The fraction of sp³-hybridized carbons (Fsp3) is 0.0952. The van der Waals surface area contributed by atoms with Gasteiger partial charge in [0.05, 0.1) is 5.69 Å². The molecular formula is C21H17N3O3. The van der Waals surface area contributed by atoms with Crippen LogP contribution in [0.25, 0.3) is 17.0 Å². The van der Waals surface area contributed by atoms with E-state index in [1.807, 2.05) is 42.8 Å². The Morgan fingerprint density at radius 1 is 0.926 bits per heavy atom. The Morgan fingerprint density at radius 2 is 1.59 bits per heavy atom. The quantitative estimate of drug-likeness (QED) is 0.564. The number of barbiturate groups is 1. The van der Waals surface area contributed by atoms with Gasteiger partial charge in [-0.3, -0.25) is 14.9 Å². The van der Waals surface area contributed by atoms with Crippen molar-refractivity contribution in [2.24, 2.45) is 7.05 Å². The van der Waals surface area contributed by atoms with E-state index in [4.69, 9.17) is 0 Å². The van der Waals surface area contributed by atoms with Crippen molar-refractivity contribution in [1.82, 2.24) is 9.88 Å². The number of para-hydroxylation sites is 2. The largest absolute Gasteiger partial charge is 0.347 e. The third-order valence-corrected chi connectivity index (χ3v) is 4.85. The van der Waals surface area contributed by atoms with Crippen LogP contribution >= 0.6 is 0 Å². The Balaban J connectivity index is 1.86. The van der Waals surface area contributed by atoms with E-state index in [1.165, 1.54) is 0 Å². The van der Waals surface area contributed by atoms with Gasteiger partial charge in [0.25, 0.3) is 11.8 Å². The van der Waals surface area contributed by atoms with Crippen LogP contribution in [0.2, 0.25) is 0 Å². The molecule has 0 atom stereocenters. The number of aromatic nitrogens is 1. The highest BCUT2D eigenvalue weighted by Crippen LogP contribution is 2.28. The minimum atomic E-state index is -0.747. The summed E-state index contributed by atoms with van der Waals surface area (Å²) in [5.74, 6) is -1.33. The second kappa shape index (κ2) is 6.25. The maximum absolute atomic E-state index is 13.0. The molecule has 1 fully saturated rings. The van der Waals surface area contributed by atoms with Gasteiger partial charge >= 0.3 is 6.03 Å². The zero-order chi connectivity index (χ0) is 19.1. The number of nitrogens with zero attached hydrogens (tertiary/aromatic N) is 2. The number of urea groups is 1. The predicted octanol–water partition coefficient (Wildman–Crippen LogP) is 3.15. The zero-order valence-electron chi connectivity index (χ0n) is 14.9. The van der Waals surface area contributed by atoms with Gasteiger partial charge < -0.3 is 4.57 Å². The van der Waals surface area contributed by atoms with Crippen LogP contribution in [0.3, 0.4) is 0 Å². The van der Waals surface area contributed by atoms with E-state index in [9.17, 15) is 14.4 Å². The van der Waals surface area contributed by atoms with E-state index >= 15 is 0 Å². The maximum Gasteiger partial charge on any atom is 0.335 e. The van der Waals surface area contributed by atoms with Crippen molar-refractivity contribution in [3.8, 4) is 0 Å². The third kappa shape index (κ3) is 2.62. The molecule has 1 aliphatic rings. The molecular weight excluding hydrogens is 342 g/mol. The van der Waals surface area contributed by atoms with Crippen molar-refractivity contribution in [3.63, 3.8) is 0 Å². The van der Waals surface area contributed by atoms with Gasteiger partial charge in [-0.25, -0.2) is 9.69 Å².